The average molecular weight is 209 g/mol. The molecule has 86 valence electrons. The number of rotatable bonds is 6. The van der Waals surface area contributed by atoms with Crippen LogP contribution < -0.4 is 0 Å². The summed E-state index contributed by atoms with van der Waals surface area (Å²) in [7, 11) is 0. The van der Waals surface area contributed by atoms with Crippen molar-refractivity contribution in [1.82, 2.24) is 4.57 Å². The number of hydrogen-bond donors (Lipinski definition) is 0. The van der Waals surface area contributed by atoms with Crippen LogP contribution in [0.5, 0.6) is 0 Å². The van der Waals surface area contributed by atoms with Crippen LogP contribution in [0.25, 0.3) is 0 Å². The highest BCUT2D eigenvalue weighted by molar-refractivity contribution is 5.13. The Kier molecular flexibility index (Phi) is 4.89. The van der Waals surface area contributed by atoms with Gasteiger partial charge in [0.2, 0.25) is 0 Å². The quantitative estimate of drug-likeness (QED) is 0.656. The predicted octanol–water partition coefficient (Wildman–Crippen LogP) is 3.17. The fourth-order valence-corrected chi connectivity index (χ4v) is 1.70. The van der Waals surface area contributed by atoms with E-state index in [1.165, 1.54) is 11.4 Å². The Morgan fingerprint density at radius 3 is 2.33 bits per heavy atom. The van der Waals surface area contributed by atoms with Crippen LogP contribution in [-0.4, -0.2) is 17.8 Å². The molecule has 0 saturated carbocycles. The fourth-order valence-electron chi connectivity index (χ4n) is 1.70. The summed E-state index contributed by atoms with van der Waals surface area (Å²) in [5, 5.41) is 0. The summed E-state index contributed by atoms with van der Waals surface area (Å²) in [5.41, 5.74) is 2.69. The standard InChI is InChI=1S/C13H23NO/c1-11(2)10-15-9-5-8-14-12(3)6-7-13(14)4/h6-7,11H,5,8-10H2,1-4H3. The topological polar surface area (TPSA) is 14.2 Å². The van der Waals surface area contributed by atoms with Gasteiger partial charge in [0, 0.05) is 31.1 Å². The molecule has 0 saturated heterocycles. The minimum absolute atomic E-state index is 0.639. The maximum Gasteiger partial charge on any atom is 0.0489 e. The van der Waals surface area contributed by atoms with E-state index in [2.05, 4.69) is 44.4 Å². The van der Waals surface area contributed by atoms with E-state index in [9.17, 15) is 0 Å². The van der Waals surface area contributed by atoms with Gasteiger partial charge in [0.25, 0.3) is 0 Å². The van der Waals surface area contributed by atoms with E-state index in [-0.39, 0.29) is 0 Å². The van der Waals surface area contributed by atoms with Crippen molar-refractivity contribution in [2.75, 3.05) is 13.2 Å². The third-order valence-electron chi connectivity index (χ3n) is 2.54. The van der Waals surface area contributed by atoms with Crippen LogP contribution in [0.15, 0.2) is 12.1 Å². The summed E-state index contributed by atoms with van der Waals surface area (Å²) in [6.07, 6.45) is 1.10. The molecule has 1 rings (SSSR count). The number of ether oxygens (including phenoxy) is 1. The van der Waals surface area contributed by atoms with Gasteiger partial charge in [-0.3, -0.25) is 0 Å². The SMILES string of the molecule is Cc1ccc(C)n1CCCOCC(C)C. The molecular formula is C13H23NO. The van der Waals surface area contributed by atoms with E-state index in [0.717, 1.165) is 26.2 Å². The van der Waals surface area contributed by atoms with Crippen molar-refractivity contribution in [2.45, 2.75) is 40.7 Å². The summed E-state index contributed by atoms with van der Waals surface area (Å²) in [6, 6.07) is 4.34. The van der Waals surface area contributed by atoms with Crippen molar-refractivity contribution in [3.63, 3.8) is 0 Å². The molecule has 0 amide bonds. The molecule has 0 aromatic carbocycles. The Morgan fingerprint density at radius 1 is 1.20 bits per heavy atom. The molecule has 0 spiro atoms. The zero-order chi connectivity index (χ0) is 11.3. The van der Waals surface area contributed by atoms with E-state index in [1.54, 1.807) is 0 Å². The molecule has 1 heterocycles. The molecule has 0 aliphatic carbocycles. The number of nitrogens with zero attached hydrogens (tertiary/aromatic N) is 1. The number of aromatic nitrogens is 1. The monoisotopic (exact) mass is 209 g/mol. The van der Waals surface area contributed by atoms with Gasteiger partial charge in [-0.15, -0.1) is 0 Å². The maximum atomic E-state index is 5.56. The van der Waals surface area contributed by atoms with Gasteiger partial charge in [-0.1, -0.05) is 13.8 Å². The van der Waals surface area contributed by atoms with Gasteiger partial charge in [-0.05, 0) is 38.3 Å². The summed E-state index contributed by atoms with van der Waals surface area (Å²) >= 11 is 0. The minimum atomic E-state index is 0.639. The molecular weight excluding hydrogens is 186 g/mol. The maximum absolute atomic E-state index is 5.56. The Morgan fingerprint density at radius 2 is 1.80 bits per heavy atom. The van der Waals surface area contributed by atoms with Crippen LogP contribution >= 0.6 is 0 Å². The lowest BCUT2D eigenvalue weighted by molar-refractivity contribution is 0.105. The smallest absolute Gasteiger partial charge is 0.0489 e. The van der Waals surface area contributed by atoms with Gasteiger partial charge < -0.3 is 9.30 Å². The lowest BCUT2D eigenvalue weighted by atomic mass is 10.2. The van der Waals surface area contributed by atoms with Crippen molar-refractivity contribution >= 4 is 0 Å². The summed E-state index contributed by atoms with van der Waals surface area (Å²) < 4.78 is 7.91. The number of hydrogen-bond acceptors (Lipinski definition) is 1. The van der Waals surface area contributed by atoms with Crippen LogP contribution in [-0.2, 0) is 11.3 Å². The minimum Gasteiger partial charge on any atom is -0.381 e. The molecule has 1 aromatic rings. The first-order valence-electron chi connectivity index (χ1n) is 5.81. The van der Waals surface area contributed by atoms with Crippen molar-refractivity contribution < 1.29 is 4.74 Å². The summed E-state index contributed by atoms with van der Waals surface area (Å²) in [6.45, 7) is 11.5. The second-order valence-electron chi connectivity index (χ2n) is 4.59. The molecule has 0 aliphatic rings. The third kappa shape index (κ3) is 4.08. The molecule has 0 aliphatic heterocycles. The van der Waals surface area contributed by atoms with Crippen LogP contribution in [0.4, 0.5) is 0 Å². The summed E-state index contributed by atoms with van der Waals surface area (Å²) in [4.78, 5) is 0. The molecule has 0 fully saturated rings. The fraction of sp³-hybridized carbons (Fsp3) is 0.692. The van der Waals surface area contributed by atoms with Crippen LogP contribution in [0, 0.1) is 19.8 Å². The molecule has 0 N–H and O–H groups in total. The largest absolute Gasteiger partial charge is 0.381 e. The van der Waals surface area contributed by atoms with Gasteiger partial charge in [0.1, 0.15) is 0 Å². The molecule has 0 radical (unpaired) electrons. The second-order valence-corrected chi connectivity index (χ2v) is 4.59. The van der Waals surface area contributed by atoms with E-state index in [4.69, 9.17) is 4.74 Å². The van der Waals surface area contributed by atoms with Crippen molar-refractivity contribution in [1.29, 1.82) is 0 Å². The Balaban J connectivity index is 2.20. The van der Waals surface area contributed by atoms with Gasteiger partial charge in [0.05, 0.1) is 0 Å². The van der Waals surface area contributed by atoms with Crippen LogP contribution in [0.2, 0.25) is 0 Å². The third-order valence-corrected chi connectivity index (χ3v) is 2.54. The van der Waals surface area contributed by atoms with E-state index in [1.807, 2.05) is 0 Å². The Bertz CT molecular complexity index is 269. The highest BCUT2D eigenvalue weighted by Gasteiger charge is 2.00. The van der Waals surface area contributed by atoms with Crippen LogP contribution in [0.3, 0.4) is 0 Å². The molecule has 0 unspecified atom stereocenters. The first-order valence-corrected chi connectivity index (χ1v) is 5.81. The Hall–Kier alpha value is -0.760. The van der Waals surface area contributed by atoms with Gasteiger partial charge in [-0.25, -0.2) is 0 Å². The van der Waals surface area contributed by atoms with Gasteiger partial charge >= 0.3 is 0 Å². The normalized spacial score (nSPS) is 11.3. The number of aryl methyl sites for hydroxylation is 2. The van der Waals surface area contributed by atoms with Crippen molar-refractivity contribution in [3.8, 4) is 0 Å². The first kappa shape index (κ1) is 12.3. The van der Waals surface area contributed by atoms with Crippen molar-refractivity contribution in [3.05, 3.63) is 23.5 Å². The van der Waals surface area contributed by atoms with E-state index < -0.39 is 0 Å². The van der Waals surface area contributed by atoms with Gasteiger partial charge in [-0.2, -0.15) is 0 Å². The average Bonchev–Trinajstić information content (AvgIpc) is 2.47. The van der Waals surface area contributed by atoms with E-state index in [0.29, 0.717) is 5.92 Å². The molecule has 2 heteroatoms. The highest BCUT2D eigenvalue weighted by atomic mass is 16.5. The lowest BCUT2D eigenvalue weighted by Gasteiger charge is -2.10. The van der Waals surface area contributed by atoms with Gasteiger partial charge in [0.15, 0.2) is 0 Å². The Labute approximate surface area is 93.2 Å². The highest BCUT2D eigenvalue weighted by Crippen LogP contribution is 2.07. The van der Waals surface area contributed by atoms with E-state index >= 15 is 0 Å². The predicted molar refractivity (Wildman–Crippen MR) is 64.2 cm³/mol. The molecule has 0 atom stereocenters. The molecule has 1 aromatic heterocycles. The van der Waals surface area contributed by atoms with Crippen molar-refractivity contribution in [2.24, 2.45) is 5.92 Å². The molecule has 0 bridgehead atoms. The molecule has 2 nitrogen and oxygen atoms in total. The summed E-state index contributed by atoms with van der Waals surface area (Å²) in [5.74, 6) is 0.639. The van der Waals surface area contributed by atoms with Crippen LogP contribution in [0.1, 0.15) is 31.7 Å². The lowest BCUT2D eigenvalue weighted by Crippen LogP contribution is -2.08. The zero-order valence-electron chi connectivity index (χ0n) is 10.4. The zero-order valence-corrected chi connectivity index (χ0v) is 10.4. The second kappa shape index (κ2) is 5.96. The molecule has 15 heavy (non-hydrogen) atoms. The first-order chi connectivity index (χ1) is 7.11.